The molecule has 8 heteroatoms. The maximum Gasteiger partial charge on any atom is 0.341 e. The Bertz CT molecular complexity index is 692. The van der Waals surface area contributed by atoms with Crippen LogP contribution in [0.2, 0.25) is 0 Å². The van der Waals surface area contributed by atoms with E-state index >= 15 is 0 Å². The van der Waals surface area contributed by atoms with Crippen LogP contribution in [-0.4, -0.2) is 49.1 Å². The summed E-state index contributed by atoms with van der Waals surface area (Å²) in [5.41, 5.74) is 0.974. The molecule has 1 amide bonds. The number of nitrogens with zero attached hydrogens (tertiary/aromatic N) is 1. The van der Waals surface area contributed by atoms with Crippen molar-refractivity contribution in [2.24, 2.45) is 5.92 Å². The first-order valence-corrected chi connectivity index (χ1v) is 9.97. The van der Waals surface area contributed by atoms with Gasteiger partial charge in [0.25, 0.3) is 5.91 Å². The fraction of sp³-hybridized carbons (Fsp3) is 0.611. The van der Waals surface area contributed by atoms with E-state index < -0.39 is 5.97 Å². The molecule has 0 bridgehead atoms. The molecule has 6 nitrogen and oxygen atoms in total. The lowest BCUT2D eigenvalue weighted by Crippen LogP contribution is -2.39. The molecule has 1 aliphatic carbocycles. The number of carbonyl (C=O) groups is 2. The molecule has 1 aromatic rings. The van der Waals surface area contributed by atoms with Crippen LogP contribution in [0, 0.1) is 12.8 Å². The van der Waals surface area contributed by atoms with Crippen LogP contribution in [0.3, 0.4) is 0 Å². The van der Waals surface area contributed by atoms with Gasteiger partial charge in [-0.25, -0.2) is 4.79 Å². The van der Waals surface area contributed by atoms with Crippen LogP contribution in [0.1, 0.15) is 58.2 Å². The van der Waals surface area contributed by atoms with E-state index in [1.54, 1.807) is 21.0 Å². The molecule has 1 fully saturated rings. The number of hydrogen-bond acceptors (Lipinski definition) is 5. The van der Waals surface area contributed by atoms with Crippen molar-refractivity contribution in [3.8, 4) is 0 Å². The lowest BCUT2D eigenvalue weighted by Gasteiger charge is -2.27. The minimum Gasteiger partial charge on any atom is -0.465 e. The Hall–Kier alpha value is -1.67. The quantitative estimate of drug-likeness (QED) is 0.599. The third-order valence-electron chi connectivity index (χ3n) is 4.71. The molecule has 1 aromatic heterocycles. The number of nitrogens with one attached hydrogen (secondary N) is 2. The topological polar surface area (TPSA) is 70.7 Å². The van der Waals surface area contributed by atoms with Gasteiger partial charge in [0.15, 0.2) is 5.11 Å². The minimum atomic E-state index is -0.478. The predicted octanol–water partition coefficient (Wildman–Crippen LogP) is 3.41. The van der Waals surface area contributed by atoms with Crippen LogP contribution in [0.5, 0.6) is 0 Å². The highest BCUT2D eigenvalue weighted by Crippen LogP contribution is 2.34. The average Bonchev–Trinajstić information content (AvgIpc) is 2.91. The van der Waals surface area contributed by atoms with E-state index in [0.29, 0.717) is 32.2 Å². The summed E-state index contributed by atoms with van der Waals surface area (Å²) in [5.74, 6) is 0.138. The Kier molecular flexibility index (Phi) is 7.00. The van der Waals surface area contributed by atoms with Crippen molar-refractivity contribution in [3.05, 3.63) is 16.0 Å². The van der Waals surface area contributed by atoms with Gasteiger partial charge in [-0.15, -0.1) is 11.3 Å². The van der Waals surface area contributed by atoms with E-state index in [1.165, 1.54) is 36.2 Å². The van der Waals surface area contributed by atoms with Crippen LogP contribution >= 0.6 is 23.6 Å². The number of thiophene rings is 1. The van der Waals surface area contributed by atoms with Gasteiger partial charge in [0, 0.05) is 20.1 Å². The van der Waals surface area contributed by atoms with Gasteiger partial charge in [-0.3, -0.25) is 4.79 Å². The monoisotopic (exact) mass is 397 g/mol. The maximum absolute atomic E-state index is 12.4. The molecule has 0 aliphatic heterocycles. The second kappa shape index (κ2) is 8.81. The number of esters is 1. The van der Waals surface area contributed by atoms with Crippen molar-refractivity contribution >= 4 is 45.5 Å². The summed E-state index contributed by atoms with van der Waals surface area (Å²) in [7, 11) is 4.70. The third-order valence-corrected chi connectivity index (χ3v) is 6.13. The largest absolute Gasteiger partial charge is 0.465 e. The third kappa shape index (κ3) is 4.73. The molecule has 0 unspecified atom stereocenters. The molecule has 0 saturated heterocycles. The fourth-order valence-corrected chi connectivity index (χ4v) is 4.64. The summed E-state index contributed by atoms with van der Waals surface area (Å²) in [6.45, 7) is 4.02. The molecule has 0 atom stereocenters. The zero-order valence-electron chi connectivity index (χ0n) is 16.0. The van der Waals surface area contributed by atoms with Crippen molar-refractivity contribution in [1.29, 1.82) is 0 Å². The van der Waals surface area contributed by atoms with Gasteiger partial charge in [0.1, 0.15) is 5.00 Å². The molecule has 0 radical (unpaired) electrons. The van der Waals surface area contributed by atoms with Gasteiger partial charge in [-0.05, 0) is 56.3 Å². The Morgan fingerprint density at radius 3 is 2.38 bits per heavy atom. The highest BCUT2D eigenvalue weighted by Gasteiger charge is 2.27. The highest BCUT2D eigenvalue weighted by molar-refractivity contribution is 7.80. The maximum atomic E-state index is 12.4. The lowest BCUT2D eigenvalue weighted by atomic mass is 9.87. The number of carbonyl (C=O) groups excluding carboxylic acids is 2. The Labute approximate surface area is 164 Å². The summed E-state index contributed by atoms with van der Waals surface area (Å²) in [5, 5.41) is 7.45. The first-order valence-electron chi connectivity index (χ1n) is 8.75. The van der Waals surface area contributed by atoms with Crippen molar-refractivity contribution < 1.29 is 14.3 Å². The molecule has 0 spiro atoms. The lowest BCUT2D eigenvalue weighted by molar-refractivity contribution is 0.0601. The second-order valence-corrected chi connectivity index (χ2v) is 8.44. The molecule has 1 aliphatic rings. The fourth-order valence-electron chi connectivity index (χ4n) is 3.09. The van der Waals surface area contributed by atoms with Crippen LogP contribution in [0.25, 0.3) is 0 Å². The molecule has 26 heavy (non-hydrogen) atoms. The van der Waals surface area contributed by atoms with E-state index in [1.807, 2.05) is 0 Å². The summed E-state index contributed by atoms with van der Waals surface area (Å²) in [6.07, 6.45) is 4.54. The molecule has 144 valence electrons. The van der Waals surface area contributed by atoms with E-state index in [-0.39, 0.29) is 5.91 Å². The van der Waals surface area contributed by atoms with Crippen LogP contribution in [0.15, 0.2) is 0 Å². The molecule has 2 rings (SSSR count). The van der Waals surface area contributed by atoms with Crippen molar-refractivity contribution in [1.82, 2.24) is 10.2 Å². The first-order chi connectivity index (χ1) is 12.2. The summed E-state index contributed by atoms with van der Waals surface area (Å²) >= 11 is 6.66. The number of thiocarbonyl (C=S) groups is 1. The number of hydrogen-bond donors (Lipinski definition) is 2. The minimum absolute atomic E-state index is 0.147. The summed E-state index contributed by atoms with van der Waals surface area (Å²) < 4.78 is 4.89. The number of ether oxygens (including phenoxy) is 1. The van der Waals surface area contributed by atoms with Crippen LogP contribution in [0.4, 0.5) is 5.00 Å². The van der Waals surface area contributed by atoms with Crippen molar-refractivity contribution in [2.45, 2.75) is 45.6 Å². The zero-order chi connectivity index (χ0) is 19.4. The summed E-state index contributed by atoms with van der Waals surface area (Å²) in [6, 6.07) is 0.344. The zero-order valence-corrected chi connectivity index (χ0v) is 17.6. The van der Waals surface area contributed by atoms with Crippen LogP contribution in [-0.2, 0) is 4.74 Å². The van der Waals surface area contributed by atoms with Crippen molar-refractivity contribution in [3.63, 3.8) is 0 Å². The van der Waals surface area contributed by atoms with Gasteiger partial charge >= 0.3 is 5.97 Å². The number of amides is 1. The van der Waals surface area contributed by atoms with Crippen molar-refractivity contribution in [2.75, 3.05) is 26.5 Å². The molecule has 1 heterocycles. The molecule has 2 N–H and O–H groups in total. The number of methoxy groups -OCH3 is 1. The Morgan fingerprint density at radius 1 is 1.23 bits per heavy atom. The van der Waals surface area contributed by atoms with E-state index in [9.17, 15) is 9.59 Å². The molecule has 0 aromatic carbocycles. The van der Waals surface area contributed by atoms with Gasteiger partial charge < -0.3 is 20.3 Å². The van der Waals surface area contributed by atoms with Gasteiger partial charge in [0.05, 0.1) is 17.6 Å². The average molecular weight is 398 g/mol. The van der Waals surface area contributed by atoms with Gasteiger partial charge in [0.2, 0.25) is 0 Å². The Morgan fingerprint density at radius 2 is 1.85 bits per heavy atom. The Balaban J connectivity index is 2.19. The van der Waals surface area contributed by atoms with Gasteiger partial charge in [-0.2, -0.15) is 0 Å². The standard InChI is InChI=1S/C18H27N3O3S2/c1-10-6-8-12(9-7-10)19-18(25)20-15-13(17(23)24-5)11(2)14(26-15)16(22)21(3)4/h10,12H,6-9H2,1-5H3,(H2,19,20,25). The highest BCUT2D eigenvalue weighted by atomic mass is 32.1. The van der Waals surface area contributed by atoms with E-state index in [4.69, 9.17) is 17.0 Å². The molecular weight excluding hydrogens is 370 g/mol. The smallest absolute Gasteiger partial charge is 0.341 e. The van der Waals surface area contributed by atoms with E-state index in [2.05, 4.69) is 17.6 Å². The molecular formula is C18H27N3O3S2. The van der Waals surface area contributed by atoms with E-state index in [0.717, 1.165) is 18.8 Å². The van der Waals surface area contributed by atoms with Gasteiger partial charge in [-0.1, -0.05) is 6.92 Å². The summed E-state index contributed by atoms with van der Waals surface area (Å²) in [4.78, 5) is 26.6. The first kappa shape index (κ1) is 20.6. The normalized spacial score (nSPS) is 19.6. The number of rotatable bonds is 4. The van der Waals surface area contributed by atoms with Crippen LogP contribution < -0.4 is 10.6 Å². The SMILES string of the molecule is COC(=O)c1c(NC(=S)NC2CCC(C)CC2)sc(C(=O)N(C)C)c1C. The predicted molar refractivity (Wildman–Crippen MR) is 109 cm³/mol. The number of anilines is 1. The second-order valence-electron chi connectivity index (χ2n) is 7.01. The molecule has 1 saturated carbocycles.